The van der Waals surface area contributed by atoms with E-state index in [1.165, 1.54) is 31.2 Å². The van der Waals surface area contributed by atoms with Gasteiger partial charge in [-0.05, 0) is 118 Å². The van der Waals surface area contributed by atoms with Crippen molar-refractivity contribution in [2.75, 3.05) is 22.1 Å². The van der Waals surface area contributed by atoms with Crippen molar-refractivity contribution in [1.29, 1.82) is 0 Å². The van der Waals surface area contributed by atoms with Gasteiger partial charge in [0.05, 0.1) is 27.6 Å². The van der Waals surface area contributed by atoms with Crippen molar-refractivity contribution in [1.82, 2.24) is 39.0 Å². The van der Waals surface area contributed by atoms with Gasteiger partial charge >= 0.3 is 12.8 Å². The summed E-state index contributed by atoms with van der Waals surface area (Å²) in [6, 6.07) is 25.0. The predicted molar refractivity (Wildman–Crippen MR) is 217 cm³/mol. The van der Waals surface area contributed by atoms with Gasteiger partial charge in [0.2, 0.25) is 11.9 Å². The van der Waals surface area contributed by atoms with E-state index in [0.29, 0.717) is 23.0 Å². The fourth-order valence-electron chi connectivity index (χ4n) is 6.47. The van der Waals surface area contributed by atoms with E-state index in [1.54, 1.807) is 24.3 Å². The van der Waals surface area contributed by atoms with Crippen LogP contribution in [0.4, 0.5) is 56.9 Å². The normalized spacial score (nSPS) is 11.5. The first-order valence-electron chi connectivity index (χ1n) is 18.0. The second-order valence-electron chi connectivity index (χ2n) is 13.6. The maximum Gasteiger partial charge on any atom is 0.416 e. The molecule has 0 fully saturated rings. The molecule has 8 rings (SSSR count). The Hall–Kier alpha value is -7.37. The van der Waals surface area contributed by atoms with Crippen LogP contribution in [0.3, 0.4) is 0 Å². The van der Waals surface area contributed by atoms with Crippen LogP contribution in [0, 0.1) is 34.6 Å². The number of benzene rings is 4. The molecule has 6 N–H and O–H groups in total. The molecule has 4 aromatic carbocycles. The van der Waals surface area contributed by atoms with E-state index in [0.717, 1.165) is 50.9 Å². The first-order valence-corrected chi connectivity index (χ1v) is 18.0. The second kappa shape index (κ2) is 15.9. The lowest BCUT2D eigenvalue weighted by Crippen LogP contribution is -2.09. The number of rotatable bonds is 8. The molecular formula is C41H37F5N12O. The van der Waals surface area contributed by atoms with Gasteiger partial charge in [0.1, 0.15) is 40.7 Å². The average molecular weight is 809 g/mol. The number of nitrogens with one attached hydrogen (secondary N) is 2. The van der Waals surface area contributed by atoms with Crippen molar-refractivity contribution < 1.29 is 26.7 Å². The van der Waals surface area contributed by atoms with E-state index in [9.17, 15) is 22.0 Å². The molecule has 8 aromatic rings. The first-order chi connectivity index (χ1) is 28.0. The first kappa shape index (κ1) is 39.8. The number of hydrogen-bond donors (Lipinski definition) is 4. The number of anilines is 6. The van der Waals surface area contributed by atoms with Crippen molar-refractivity contribution in [2.45, 2.75) is 47.4 Å². The summed E-state index contributed by atoms with van der Waals surface area (Å²) in [5.41, 5.74) is 18.1. The van der Waals surface area contributed by atoms with Crippen LogP contribution < -0.4 is 26.8 Å². The Bertz CT molecular complexity index is 2820. The van der Waals surface area contributed by atoms with Crippen molar-refractivity contribution in [3.8, 4) is 17.4 Å². The van der Waals surface area contributed by atoms with Gasteiger partial charge in [-0.2, -0.15) is 41.9 Å². The van der Waals surface area contributed by atoms with Crippen molar-refractivity contribution in [2.24, 2.45) is 0 Å². The molecular weight excluding hydrogens is 772 g/mol. The number of aryl methyl sites for hydroxylation is 5. The Kier molecular flexibility index (Phi) is 10.7. The third-order valence-corrected chi connectivity index (χ3v) is 9.00. The maximum absolute atomic E-state index is 13.0. The number of hydrogen-bond acceptors (Lipinski definition) is 11. The van der Waals surface area contributed by atoms with E-state index < -0.39 is 18.4 Å². The summed E-state index contributed by atoms with van der Waals surface area (Å²) in [6.45, 7) is 6.28. The molecule has 59 heavy (non-hydrogen) atoms. The van der Waals surface area contributed by atoms with Crippen LogP contribution in [0.5, 0.6) is 5.75 Å². The summed E-state index contributed by atoms with van der Waals surface area (Å²) in [5.74, 6) is 3.60. The minimum absolute atomic E-state index is 0.0654. The summed E-state index contributed by atoms with van der Waals surface area (Å²) in [7, 11) is 0. The second-order valence-corrected chi connectivity index (χ2v) is 13.6. The highest BCUT2D eigenvalue weighted by atomic mass is 19.4. The van der Waals surface area contributed by atoms with Crippen LogP contribution >= 0.6 is 0 Å². The number of nitrogens with zero attached hydrogens (tertiary/aromatic N) is 8. The van der Waals surface area contributed by atoms with Gasteiger partial charge < -0.3 is 26.8 Å². The molecule has 0 bridgehead atoms. The Morgan fingerprint density at radius 1 is 0.576 bits per heavy atom. The van der Waals surface area contributed by atoms with Crippen LogP contribution in [0.1, 0.15) is 33.9 Å². The average Bonchev–Trinajstić information content (AvgIpc) is 3.65. The molecule has 0 saturated heterocycles. The van der Waals surface area contributed by atoms with Gasteiger partial charge in [-0.1, -0.05) is 12.1 Å². The lowest BCUT2D eigenvalue weighted by molar-refractivity contribution is -0.138. The Morgan fingerprint density at radius 2 is 1.05 bits per heavy atom. The van der Waals surface area contributed by atoms with Crippen LogP contribution in [-0.2, 0) is 6.18 Å². The molecule has 13 nitrogen and oxygen atoms in total. The molecule has 0 unspecified atom stereocenters. The molecule has 302 valence electrons. The van der Waals surface area contributed by atoms with Crippen LogP contribution in [0.25, 0.3) is 33.7 Å². The fraction of sp³-hybridized carbons (Fsp3) is 0.171. The molecule has 0 aliphatic heterocycles. The topological polar surface area (TPSA) is 173 Å². The third kappa shape index (κ3) is 8.96. The number of ether oxygens (including phenoxy) is 1. The van der Waals surface area contributed by atoms with Gasteiger partial charge in [0.15, 0.2) is 0 Å². The zero-order valence-electron chi connectivity index (χ0n) is 32.3. The van der Waals surface area contributed by atoms with E-state index in [2.05, 4.69) is 45.3 Å². The Labute approximate surface area is 334 Å². The molecule has 0 aliphatic carbocycles. The number of aromatic nitrogens is 8. The number of fused-ring (bicyclic) bond motifs is 2. The van der Waals surface area contributed by atoms with Gasteiger partial charge in [-0.3, -0.25) is 9.13 Å². The molecule has 0 atom stereocenters. The summed E-state index contributed by atoms with van der Waals surface area (Å²) in [4.78, 5) is 26.6. The lowest BCUT2D eigenvalue weighted by atomic mass is 10.1. The number of nitrogens with two attached hydrogens (primary N) is 2. The van der Waals surface area contributed by atoms with Gasteiger partial charge in [-0.15, -0.1) is 0 Å². The van der Waals surface area contributed by atoms with Crippen LogP contribution in [0.2, 0.25) is 0 Å². The van der Waals surface area contributed by atoms with Crippen molar-refractivity contribution in [3.63, 3.8) is 0 Å². The molecule has 4 heterocycles. The number of halogens is 5. The standard InChI is InChI=1S/C21H19F3N6.C20H18F2N6O/c1-11-4-7-16-17(8-11)30(13(3)26-16)19-10-18(25)28-20(29-19)27-14-5-6-15(12(2)9-14)21(22,23)24;1-11-3-8-15-16(9-11)28(12(2)24-15)18-10-17(23)26-20(27-18)25-13-4-6-14(7-5-13)29-19(21)22/h4-10H,1-3H3,(H3,25,27,28,29);3-10,19H,1-2H3,(H3,23,25,26,27). The van der Waals surface area contributed by atoms with E-state index >= 15 is 0 Å². The lowest BCUT2D eigenvalue weighted by Gasteiger charge is -2.13. The summed E-state index contributed by atoms with van der Waals surface area (Å²) >= 11 is 0. The van der Waals surface area contributed by atoms with Gasteiger partial charge in [-0.25, -0.2) is 9.97 Å². The van der Waals surface area contributed by atoms with Crippen molar-refractivity contribution >= 4 is 57.0 Å². The molecule has 0 radical (unpaired) electrons. The van der Waals surface area contributed by atoms with E-state index in [1.807, 2.05) is 73.2 Å². The molecule has 4 aromatic heterocycles. The zero-order chi connectivity index (χ0) is 42.2. The SMILES string of the molecule is Cc1ccc2nc(C)n(-c3cc(N)nc(Nc4ccc(C(F)(F)F)c(C)c4)n3)c2c1.Cc1ccc2nc(C)n(-c3cc(N)nc(Nc4ccc(OC(F)F)cc4)n3)c2c1. The van der Waals surface area contributed by atoms with Crippen LogP contribution in [-0.4, -0.2) is 45.6 Å². The van der Waals surface area contributed by atoms with Gasteiger partial charge in [0, 0.05) is 23.5 Å². The van der Waals surface area contributed by atoms with E-state index in [4.69, 9.17) is 11.5 Å². The quantitative estimate of drug-likeness (QED) is 0.108. The zero-order valence-corrected chi connectivity index (χ0v) is 32.3. The highest BCUT2D eigenvalue weighted by molar-refractivity contribution is 5.80. The third-order valence-electron chi connectivity index (χ3n) is 9.00. The smallest absolute Gasteiger partial charge is 0.416 e. The maximum atomic E-state index is 13.0. The predicted octanol–water partition coefficient (Wildman–Crippen LogP) is 9.44. The summed E-state index contributed by atoms with van der Waals surface area (Å²) in [6.07, 6.45) is -4.40. The monoisotopic (exact) mass is 808 g/mol. The molecule has 18 heteroatoms. The fourth-order valence-corrected chi connectivity index (χ4v) is 6.47. The molecule has 0 saturated carbocycles. The van der Waals surface area contributed by atoms with Crippen LogP contribution in [0.15, 0.2) is 91.0 Å². The summed E-state index contributed by atoms with van der Waals surface area (Å²) < 4.78 is 71.7. The number of imidazole rings is 2. The highest BCUT2D eigenvalue weighted by Gasteiger charge is 2.32. The largest absolute Gasteiger partial charge is 0.435 e. The minimum Gasteiger partial charge on any atom is -0.435 e. The van der Waals surface area contributed by atoms with E-state index in [-0.39, 0.29) is 34.8 Å². The van der Waals surface area contributed by atoms with Gasteiger partial charge in [0.25, 0.3) is 0 Å². The molecule has 0 spiro atoms. The Balaban J connectivity index is 0.000000179. The minimum atomic E-state index is -4.40. The Morgan fingerprint density at radius 3 is 1.51 bits per heavy atom. The highest BCUT2D eigenvalue weighted by Crippen LogP contribution is 2.34. The number of nitrogen functional groups attached to an aromatic ring is 2. The molecule has 0 aliphatic rings. The summed E-state index contributed by atoms with van der Waals surface area (Å²) in [5, 5.41) is 5.97. The molecule has 0 amide bonds. The van der Waals surface area contributed by atoms with Crippen molar-refractivity contribution in [3.05, 3.63) is 125 Å². The number of alkyl halides is 5.